The molecule has 8 nitrogen and oxygen atoms in total. The van der Waals surface area contributed by atoms with Crippen LogP contribution in [0, 0.1) is 0 Å². The lowest BCUT2D eigenvalue weighted by molar-refractivity contribution is -0.147. The minimum absolute atomic E-state index is 0.134. The van der Waals surface area contributed by atoms with E-state index in [1.165, 1.54) is 4.90 Å². The monoisotopic (exact) mass is 493 g/mol. The van der Waals surface area contributed by atoms with E-state index in [2.05, 4.69) is 10.6 Å². The molecule has 2 fully saturated rings. The third kappa shape index (κ3) is 6.85. The molecule has 1 aromatic rings. The number of alkyl carbamates (subject to hydrolysis) is 1. The highest BCUT2D eigenvalue weighted by molar-refractivity contribution is 6.30. The summed E-state index contributed by atoms with van der Waals surface area (Å²) in [5.74, 6) is -1.10. The van der Waals surface area contributed by atoms with Crippen LogP contribution in [0.2, 0.25) is 5.02 Å². The Morgan fingerprint density at radius 3 is 2.53 bits per heavy atom. The van der Waals surface area contributed by atoms with Crippen LogP contribution in [0.5, 0.6) is 0 Å². The number of carboxylic acids is 1. The second-order valence-corrected chi connectivity index (χ2v) is 10.8. The summed E-state index contributed by atoms with van der Waals surface area (Å²) in [5, 5.41) is 16.3. The molecule has 0 bridgehead atoms. The van der Waals surface area contributed by atoms with Crippen LogP contribution in [0.1, 0.15) is 64.9 Å². The molecule has 1 heterocycles. The van der Waals surface area contributed by atoms with Crippen LogP contribution < -0.4 is 10.6 Å². The van der Waals surface area contributed by atoms with Gasteiger partial charge < -0.3 is 25.4 Å². The van der Waals surface area contributed by atoms with Crippen molar-refractivity contribution in [1.29, 1.82) is 0 Å². The van der Waals surface area contributed by atoms with E-state index in [4.69, 9.17) is 16.3 Å². The maximum atomic E-state index is 12.6. The molecular formula is C25H36ClN3O5. The van der Waals surface area contributed by atoms with Gasteiger partial charge in [-0.2, -0.15) is 0 Å². The average Bonchev–Trinajstić information content (AvgIpc) is 3.26. The lowest BCUT2D eigenvalue weighted by Gasteiger charge is -2.41. The first kappa shape index (κ1) is 26.3. The molecule has 1 aromatic carbocycles. The minimum Gasteiger partial charge on any atom is -0.480 e. The van der Waals surface area contributed by atoms with E-state index in [1.54, 1.807) is 0 Å². The number of aliphatic carboxylic acids is 1. The normalized spacial score (nSPS) is 25.1. The molecule has 0 radical (unpaired) electrons. The second kappa shape index (κ2) is 11.0. The van der Waals surface area contributed by atoms with E-state index in [1.807, 2.05) is 45.0 Å². The fraction of sp³-hybridized carbons (Fsp3) is 0.640. The van der Waals surface area contributed by atoms with Crippen molar-refractivity contribution in [2.24, 2.45) is 0 Å². The van der Waals surface area contributed by atoms with Crippen molar-refractivity contribution in [3.63, 3.8) is 0 Å². The molecule has 2 amide bonds. The molecule has 0 unspecified atom stereocenters. The van der Waals surface area contributed by atoms with Gasteiger partial charge in [0.15, 0.2) is 0 Å². The summed E-state index contributed by atoms with van der Waals surface area (Å²) >= 11 is 6.28. The van der Waals surface area contributed by atoms with E-state index < -0.39 is 23.7 Å². The molecule has 1 aliphatic carbocycles. The molecule has 1 aliphatic heterocycles. The summed E-state index contributed by atoms with van der Waals surface area (Å²) in [4.78, 5) is 37.8. The summed E-state index contributed by atoms with van der Waals surface area (Å²) in [6, 6.07) is 7.18. The first-order chi connectivity index (χ1) is 16.0. The number of likely N-dealkylation sites (tertiary alicyclic amines) is 1. The minimum atomic E-state index is -0.938. The number of carboxylic acid groups (broad SMARTS) is 1. The van der Waals surface area contributed by atoms with Gasteiger partial charge in [-0.05, 0) is 77.0 Å². The number of amides is 2. The number of nitrogens with zero attached hydrogens (tertiary/aromatic N) is 1. The van der Waals surface area contributed by atoms with Crippen LogP contribution >= 0.6 is 11.6 Å². The second-order valence-electron chi connectivity index (χ2n) is 10.4. The van der Waals surface area contributed by atoms with Crippen LogP contribution in [0.15, 0.2) is 24.3 Å². The van der Waals surface area contributed by atoms with Gasteiger partial charge in [-0.25, -0.2) is 9.59 Å². The van der Waals surface area contributed by atoms with Crippen LogP contribution in [0.4, 0.5) is 4.79 Å². The van der Waals surface area contributed by atoms with E-state index in [9.17, 15) is 19.5 Å². The quantitative estimate of drug-likeness (QED) is 0.534. The third-order valence-electron chi connectivity index (χ3n) is 6.75. The van der Waals surface area contributed by atoms with Crippen LogP contribution in [0.3, 0.4) is 0 Å². The van der Waals surface area contributed by atoms with Crippen molar-refractivity contribution in [2.75, 3.05) is 19.6 Å². The standard InChI is InChI=1S/C25H36ClN3O5/c1-24(2,3)34-23(33)28-16-25(17-6-4-7-18(26)14-17)11-9-19(10-12-25)27-15-21(30)29-13-5-8-20(29)22(31)32/h4,6-7,14,19-20,27H,5,8-13,15-16H2,1-3H3,(H,28,33)(H,31,32)/t19-,20-,25-/m1/s1. The Morgan fingerprint density at radius 2 is 1.91 bits per heavy atom. The van der Waals surface area contributed by atoms with Gasteiger partial charge in [-0.3, -0.25) is 4.79 Å². The fourth-order valence-corrected chi connectivity index (χ4v) is 5.16. The topological polar surface area (TPSA) is 108 Å². The number of hydrogen-bond acceptors (Lipinski definition) is 5. The Labute approximate surface area is 206 Å². The van der Waals surface area contributed by atoms with Gasteiger partial charge in [0.2, 0.25) is 5.91 Å². The molecule has 2 aliphatic rings. The first-order valence-corrected chi connectivity index (χ1v) is 12.4. The molecular weight excluding hydrogens is 458 g/mol. The Bertz CT molecular complexity index is 893. The summed E-state index contributed by atoms with van der Waals surface area (Å²) in [6.07, 6.45) is 4.03. The molecule has 34 heavy (non-hydrogen) atoms. The molecule has 1 saturated heterocycles. The predicted molar refractivity (Wildman–Crippen MR) is 130 cm³/mol. The molecule has 188 valence electrons. The molecule has 9 heteroatoms. The summed E-state index contributed by atoms with van der Waals surface area (Å²) in [6.45, 7) is 6.56. The Hall–Kier alpha value is -2.32. The van der Waals surface area contributed by atoms with Gasteiger partial charge in [0.1, 0.15) is 11.6 Å². The zero-order valence-corrected chi connectivity index (χ0v) is 21.0. The van der Waals surface area contributed by atoms with Crippen molar-refractivity contribution in [3.8, 4) is 0 Å². The lowest BCUT2D eigenvalue weighted by Crippen LogP contribution is -2.49. The highest BCUT2D eigenvalue weighted by atomic mass is 35.5. The first-order valence-electron chi connectivity index (χ1n) is 12.0. The van der Waals surface area contributed by atoms with Gasteiger partial charge in [-0.1, -0.05) is 23.7 Å². The Kier molecular flexibility index (Phi) is 8.47. The van der Waals surface area contributed by atoms with Crippen LogP contribution in [-0.4, -0.2) is 65.3 Å². The van der Waals surface area contributed by atoms with Gasteiger partial charge in [-0.15, -0.1) is 0 Å². The van der Waals surface area contributed by atoms with E-state index in [0.29, 0.717) is 24.5 Å². The SMILES string of the molecule is CC(C)(C)OC(=O)NC[C@]1(c2cccc(Cl)c2)CC[C@H](NCC(=O)N2CCC[C@@H]2C(=O)O)CC1. The third-order valence-corrected chi connectivity index (χ3v) is 6.98. The van der Waals surface area contributed by atoms with Crippen molar-refractivity contribution < 1.29 is 24.2 Å². The molecule has 0 spiro atoms. The Morgan fingerprint density at radius 1 is 1.21 bits per heavy atom. The largest absolute Gasteiger partial charge is 0.480 e. The summed E-state index contributed by atoms with van der Waals surface area (Å²) in [7, 11) is 0. The molecule has 3 rings (SSSR count). The molecule has 1 atom stereocenters. The number of carbonyl (C=O) groups is 3. The van der Waals surface area contributed by atoms with Crippen LogP contribution in [-0.2, 0) is 19.7 Å². The zero-order chi connectivity index (χ0) is 24.9. The lowest BCUT2D eigenvalue weighted by atomic mass is 9.68. The van der Waals surface area contributed by atoms with Crippen molar-refractivity contribution in [2.45, 2.75) is 82.4 Å². The number of hydrogen-bond donors (Lipinski definition) is 3. The molecule has 1 saturated carbocycles. The van der Waals surface area contributed by atoms with Crippen molar-refractivity contribution in [3.05, 3.63) is 34.9 Å². The predicted octanol–water partition coefficient (Wildman–Crippen LogP) is 3.71. The molecule has 0 aromatic heterocycles. The number of carbonyl (C=O) groups excluding carboxylic acids is 2. The van der Waals surface area contributed by atoms with Crippen LogP contribution in [0.25, 0.3) is 0 Å². The average molecular weight is 494 g/mol. The maximum Gasteiger partial charge on any atom is 0.407 e. The Balaban J connectivity index is 1.60. The van der Waals surface area contributed by atoms with Gasteiger partial charge >= 0.3 is 12.1 Å². The molecule has 3 N–H and O–H groups in total. The number of benzene rings is 1. The summed E-state index contributed by atoms with van der Waals surface area (Å²) < 4.78 is 5.42. The number of nitrogens with one attached hydrogen (secondary N) is 2. The van der Waals surface area contributed by atoms with E-state index in [-0.39, 0.29) is 23.9 Å². The van der Waals surface area contributed by atoms with Gasteiger partial charge in [0.25, 0.3) is 0 Å². The van der Waals surface area contributed by atoms with Crippen molar-refractivity contribution >= 4 is 29.6 Å². The van der Waals surface area contributed by atoms with E-state index >= 15 is 0 Å². The highest BCUT2D eigenvalue weighted by Crippen LogP contribution is 2.40. The highest BCUT2D eigenvalue weighted by Gasteiger charge is 2.38. The zero-order valence-electron chi connectivity index (χ0n) is 20.2. The smallest absolute Gasteiger partial charge is 0.407 e. The number of rotatable bonds is 7. The van der Waals surface area contributed by atoms with E-state index in [0.717, 1.165) is 37.7 Å². The van der Waals surface area contributed by atoms with Gasteiger partial charge in [0.05, 0.1) is 6.54 Å². The number of halogens is 1. The maximum absolute atomic E-state index is 12.6. The van der Waals surface area contributed by atoms with Gasteiger partial charge in [0, 0.05) is 29.6 Å². The van der Waals surface area contributed by atoms with Crippen molar-refractivity contribution in [1.82, 2.24) is 15.5 Å². The fourth-order valence-electron chi connectivity index (χ4n) is 4.97. The number of ether oxygens (including phenoxy) is 1. The summed E-state index contributed by atoms with van der Waals surface area (Å²) in [5.41, 5.74) is 0.218.